The first kappa shape index (κ1) is 41.0. The molecule has 0 bridgehead atoms. The van der Waals surface area contributed by atoms with Crippen molar-refractivity contribution in [2.75, 3.05) is 13.2 Å². The van der Waals surface area contributed by atoms with Gasteiger partial charge >= 0.3 is 71.1 Å². The normalized spacial score (nSPS) is 9.47. The van der Waals surface area contributed by atoms with E-state index in [-0.39, 0.29) is 83.9 Å². The number of carbonyl (C=O) groups is 4. The molecule has 0 aliphatic carbocycles. The van der Waals surface area contributed by atoms with Crippen molar-refractivity contribution in [3.8, 4) is 0 Å². The van der Waals surface area contributed by atoms with E-state index >= 15 is 0 Å². The monoisotopic (exact) mass is 504 g/mol. The summed E-state index contributed by atoms with van der Waals surface area (Å²) >= 11 is 0. The van der Waals surface area contributed by atoms with Crippen LogP contribution in [-0.2, 0) is 28.7 Å². The fourth-order valence-electron chi connectivity index (χ4n) is 2.69. The molecule has 8 nitrogen and oxygen atoms in total. The van der Waals surface area contributed by atoms with Crippen LogP contribution in [0.5, 0.6) is 0 Å². The molecule has 0 N–H and O–H groups in total. The minimum absolute atomic E-state index is 0. The maximum absolute atomic E-state index is 11.5. The van der Waals surface area contributed by atoms with Crippen LogP contribution in [0.1, 0.15) is 117 Å². The molecule has 0 aromatic carbocycles. The summed E-state index contributed by atoms with van der Waals surface area (Å²) in [4.78, 5) is 42.1. The van der Waals surface area contributed by atoms with Gasteiger partial charge < -0.3 is 29.3 Å². The molecular weight excluding hydrogens is 462 g/mol. The zero-order chi connectivity index (χ0) is 24.5. The number of carboxylic acid groups (broad SMARTS) is 2. The fourth-order valence-corrected chi connectivity index (χ4v) is 2.69. The van der Waals surface area contributed by atoms with Crippen molar-refractivity contribution in [1.82, 2.24) is 0 Å². The number of esters is 2. The summed E-state index contributed by atoms with van der Waals surface area (Å²) in [5.74, 6) is -3.32. The molecule has 0 unspecified atom stereocenters. The summed E-state index contributed by atoms with van der Waals surface area (Å²) in [5.41, 5.74) is 0. The van der Waals surface area contributed by atoms with E-state index < -0.39 is 24.8 Å². The molecule has 0 rings (SSSR count). The molecule has 0 saturated carbocycles. The quantitative estimate of drug-likeness (QED) is 0.0965. The molecule has 0 aliphatic heterocycles. The predicted octanol–water partition coefficient (Wildman–Crippen LogP) is -3.15. The molecule has 34 heavy (non-hydrogen) atoms. The van der Waals surface area contributed by atoms with Crippen molar-refractivity contribution in [2.24, 2.45) is 0 Å². The van der Waals surface area contributed by atoms with Crippen LogP contribution in [0.15, 0.2) is 0 Å². The van der Waals surface area contributed by atoms with Crippen molar-refractivity contribution in [1.29, 1.82) is 0 Å². The standard InChI is InChI=1S/C20H38O4.C4H6O4.2Na/c1-3-5-7-9-11-13-17-23-19(21)15-16-20(22)24-18-14-12-10-8-6-4-2;5-3(6)1-2-4(7)8;;/h3-18H2,1-2H3;1-2H2,(H,5,6)(H,7,8);;/q;;2*+1/p-2. The van der Waals surface area contributed by atoms with Crippen LogP contribution in [0.4, 0.5) is 0 Å². The van der Waals surface area contributed by atoms with Crippen molar-refractivity contribution in [3.63, 3.8) is 0 Å². The fraction of sp³-hybridized carbons (Fsp3) is 0.833. The van der Waals surface area contributed by atoms with Gasteiger partial charge in [-0.05, 0) is 25.7 Å². The van der Waals surface area contributed by atoms with Crippen molar-refractivity contribution < 1.29 is 98.0 Å². The summed E-state index contributed by atoms with van der Waals surface area (Å²) in [6, 6.07) is 0. The SMILES string of the molecule is CCCCCCCCOC(=O)CCC(=O)OCCCCCCCC.O=C([O-])CCC(=O)[O-].[Na+].[Na+]. The number of carbonyl (C=O) groups excluding carboxylic acids is 4. The molecule has 0 aromatic rings. The smallest absolute Gasteiger partial charge is 0.550 e. The molecule has 0 heterocycles. The maximum Gasteiger partial charge on any atom is 1.00 e. The Morgan fingerprint density at radius 1 is 0.500 bits per heavy atom. The largest absolute Gasteiger partial charge is 1.00 e. The number of hydrogen-bond donors (Lipinski definition) is 0. The Hall–Kier alpha value is -0.120. The summed E-state index contributed by atoms with van der Waals surface area (Å²) in [6.07, 6.45) is 13.3. The summed E-state index contributed by atoms with van der Waals surface area (Å²) in [6.45, 7) is 5.33. The Morgan fingerprint density at radius 2 is 0.794 bits per heavy atom. The van der Waals surface area contributed by atoms with Gasteiger partial charge in [-0.25, -0.2) is 0 Å². The molecule has 0 amide bonds. The van der Waals surface area contributed by atoms with Crippen molar-refractivity contribution >= 4 is 23.9 Å². The van der Waals surface area contributed by atoms with E-state index in [1.807, 2.05) is 0 Å². The third kappa shape index (κ3) is 39.1. The van der Waals surface area contributed by atoms with Crippen LogP contribution >= 0.6 is 0 Å². The van der Waals surface area contributed by atoms with E-state index in [1.54, 1.807) is 0 Å². The number of hydrogen-bond acceptors (Lipinski definition) is 8. The molecule has 0 aliphatic rings. The van der Waals surface area contributed by atoms with E-state index in [4.69, 9.17) is 9.47 Å². The third-order valence-electron chi connectivity index (χ3n) is 4.59. The Bertz CT molecular complexity index is 457. The van der Waals surface area contributed by atoms with Crippen LogP contribution < -0.4 is 69.3 Å². The zero-order valence-electron chi connectivity index (χ0n) is 22.0. The number of aliphatic carboxylic acids is 2. The molecule has 10 heteroatoms. The molecule has 0 atom stereocenters. The average molecular weight is 505 g/mol. The van der Waals surface area contributed by atoms with Crippen LogP contribution in [0.3, 0.4) is 0 Å². The Balaban J connectivity index is -0.000000385. The maximum atomic E-state index is 11.5. The second-order valence-corrected chi connectivity index (χ2v) is 7.72. The first-order valence-electron chi connectivity index (χ1n) is 12.0. The summed E-state index contributed by atoms with van der Waals surface area (Å²) in [5, 5.41) is 19.0. The molecule has 0 aromatic heterocycles. The van der Waals surface area contributed by atoms with Gasteiger partial charge in [0.05, 0.1) is 26.1 Å². The van der Waals surface area contributed by atoms with Gasteiger partial charge in [-0.1, -0.05) is 78.1 Å². The molecular formula is C24H42Na2O8. The Morgan fingerprint density at radius 3 is 1.09 bits per heavy atom. The van der Waals surface area contributed by atoms with Crippen LogP contribution in [0.2, 0.25) is 0 Å². The van der Waals surface area contributed by atoms with Crippen molar-refractivity contribution in [3.05, 3.63) is 0 Å². The summed E-state index contributed by atoms with van der Waals surface area (Å²) < 4.78 is 10.3. The van der Waals surface area contributed by atoms with E-state index in [9.17, 15) is 29.4 Å². The predicted molar refractivity (Wildman–Crippen MR) is 117 cm³/mol. The topological polar surface area (TPSA) is 133 Å². The van der Waals surface area contributed by atoms with Gasteiger partial charge in [0, 0.05) is 11.9 Å². The van der Waals surface area contributed by atoms with Crippen LogP contribution in [0.25, 0.3) is 0 Å². The van der Waals surface area contributed by atoms with E-state index in [0.29, 0.717) is 13.2 Å². The van der Waals surface area contributed by atoms with Crippen LogP contribution in [0, 0.1) is 0 Å². The van der Waals surface area contributed by atoms with Gasteiger partial charge in [0.1, 0.15) is 0 Å². The van der Waals surface area contributed by atoms with Gasteiger partial charge in [0.15, 0.2) is 0 Å². The van der Waals surface area contributed by atoms with Gasteiger partial charge in [0.25, 0.3) is 0 Å². The van der Waals surface area contributed by atoms with Gasteiger partial charge in [-0.2, -0.15) is 0 Å². The number of ether oxygens (including phenoxy) is 2. The molecule has 0 saturated heterocycles. The Labute approximate surface area is 249 Å². The first-order chi connectivity index (χ1) is 15.3. The van der Waals surface area contributed by atoms with Gasteiger partial charge in [-0.15, -0.1) is 0 Å². The zero-order valence-corrected chi connectivity index (χ0v) is 26.0. The third-order valence-corrected chi connectivity index (χ3v) is 4.59. The number of carboxylic acids is 2. The number of rotatable bonds is 20. The molecule has 0 fully saturated rings. The Kier molecular flexibility index (Phi) is 39.7. The average Bonchev–Trinajstić information content (AvgIpc) is 2.75. The van der Waals surface area contributed by atoms with Crippen molar-refractivity contribution in [2.45, 2.75) is 117 Å². The van der Waals surface area contributed by atoms with E-state index in [1.165, 1.54) is 51.4 Å². The van der Waals surface area contributed by atoms with E-state index in [0.717, 1.165) is 25.7 Å². The minimum atomic E-state index is -1.37. The van der Waals surface area contributed by atoms with Gasteiger partial charge in [0.2, 0.25) is 0 Å². The second-order valence-electron chi connectivity index (χ2n) is 7.72. The first-order valence-corrected chi connectivity index (χ1v) is 12.0. The van der Waals surface area contributed by atoms with Gasteiger partial charge in [-0.3, -0.25) is 9.59 Å². The minimum Gasteiger partial charge on any atom is -0.550 e. The number of unbranched alkanes of at least 4 members (excludes halogenated alkanes) is 10. The van der Waals surface area contributed by atoms with E-state index in [2.05, 4.69) is 13.8 Å². The van der Waals surface area contributed by atoms with Crippen LogP contribution in [-0.4, -0.2) is 37.1 Å². The second kappa shape index (κ2) is 32.9. The molecule has 0 radical (unpaired) electrons. The summed E-state index contributed by atoms with van der Waals surface area (Å²) in [7, 11) is 0. The molecule has 0 spiro atoms. The molecule has 188 valence electrons.